The van der Waals surface area contributed by atoms with Gasteiger partial charge in [0.05, 0.1) is 25.4 Å². The largest absolute Gasteiger partial charge is 0.469 e. The minimum Gasteiger partial charge on any atom is -0.387 e. The fourth-order valence-corrected chi connectivity index (χ4v) is 3.87. The molecule has 2 aliphatic rings. The zero-order chi connectivity index (χ0) is 23.8. The number of nitrogens with two attached hydrogens (primary N) is 1. The lowest BCUT2D eigenvalue weighted by Gasteiger charge is -2.18. The van der Waals surface area contributed by atoms with Crippen LogP contribution in [0.2, 0.25) is 0 Å². The molecule has 0 amide bonds. The van der Waals surface area contributed by atoms with E-state index in [1.807, 2.05) is 0 Å². The standard InChI is InChI=1S/C18H23N6O8P/c19-18-23-16-12(17(27)24-18)22-10(6-21-16)5-20-9-3-1-8(2-4-9)15-14(26)13(25)11(32-15)7-31-33(28,29)30/h1-4,11,13-15,20,25-26H,5-7H2,(H2,28,29,30)(H4,19,21,23,24,27)/t11-,13-,14-,15+/m1/s1. The molecule has 33 heavy (non-hydrogen) atoms. The van der Waals surface area contributed by atoms with Crippen LogP contribution >= 0.6 is 7.82 Å². The maximum atomic E-state index is 12.0. The van der Waals surface area contributed by atoms with Crippen molar-refractivity contribution in [3.8, 4) is 0 Å². The molecule has 1 fully saturated rings. The van der Waals surface area contributed by atoms with Gasteiger partial charge in [0.2, 0.25) is 5.95 Å². The number of aromatic nitrogens is 2. The number of ether oxygens (including phenoxy) is 1. The molecule has 9 N–H and O–H groups in total. The van der Waals surface area contributed by atoms with Crippen LogP contribution in [0.15, 0.2) is 34.1 Å². The highest BCUT2D eigenvalue weighted by Crippen LogP contribution is 2.39. The Kier molecular flexibility index (Phi) is 6.50. The molecular formula is C18H23N6O8P. The molecule has 3 heterocycles. The highest BCUT2D eigenvalue weighted by Gasteiger charge is 2.44. The highest BCUT2D eigenvalue weighted by atomic mass is 31.2. The lowest BCUT2D eigenvalue weighted by molar-refractivity contribution is -0.0223. The number of nitrogens with zero attached hydrogens (tertiary/aromatic N) is 2. The molecule has 1 saturated heterocycles. The number of hydrogen-bond acceptors (Lipinski definition) is 11. The first kappa shape index (κ1) is 23.3. The Labute approximate surface area is 186 Å². The lowest BCUT2D eigenvalue weighted by atomic mass is 10.0. The number of nitrogens with one attached hydrogen (secondary N) is 3. The summed E-state index contributed by atoms with van der Waals surface area (Å²) >= 11 is 0. The van der Waals surface area contributed by atoms with Gasteiger partial charge in [0.15, 0.2) is 11.5 Å². The molecule has 178 valence electrons. The minimum atomic E-state index is -4.73. The number of nitrogen functional groups attached to an aromatic ring is 1. The van der Waals surface area contributed by atoms with Gasteiger partial charge in [-0.3, -0.25) is 14.3 Å². The summed E-state index contributed by atoms with van der Waals surface area (Å²) in [6.07, 6.45) is -4.65. The van der Waals surface area contributed by atoms with Crippen molar-refractivity contribution in [1.82, 2.24) is 9.97 Å². The molecule has 14 nitrogen and oxygen atoms in total. The molecule has 0 bridgehead atoms. The first-order valence-corrected chi connectivity index (χ1v) is 11.4. The zero-order valence-electron chi connectivity index (χ0n) is 17.1. The smallest absolute Gasteiger partial charge is 0.387 e. The van der Waals surface area contributed by atoms with Gasteiger partial charge in [-0.1, -0.05) is 12.1 Å². The van der Waals surface area contributed by atoms with Crippen molar-refractivity contribution < 1.29 is 33.8 Å². The first-order chi connectivity index (χ1) is 15.6. The summed E-state index contributed by atoms with van der Waals surface area (Å²) < 4.78 is 20.8. The molecule has 0 radical (unpaired) electrons. The number of H-pyrrole nitrogens is 1. The molecule has 1 aromatic heterocycles. The van der Waals surface area contributed by atoms with E-state index in [0.29, 0.717) is 30.2 Å². The number of benzene rings is 1. The van der Waals surface area contributed by atoms with Crippen molar-refractivity contribution in [2.75, 3.05) is 36.1 Å². The van der Waals surface area contributed by atoms with Crippen LogP contribution in [0, 0.1) is 0 Å². The van der Waals surface area contributed by atoms with E-state index in [1.54, 1.807) is 24.3 Å². The van der Waals surface area contributed by atoms with Gasteiger partial charge in [0.1, 0.15) is 24.4 Å². The van der Waals surface area contributed by atoms with Gasteiger partial charge < -0.3 is 41.1 Å². The summed E-state index contributed by atoms with van der Waals surface area (Å²) in [5.74, 6) is 0.332. The van der Waals surface area contributed by atoms with Crippen LogP contribution in [0.4, 0.5) is 23.1 Å². The summed E-state index contributed by atoms with van der Waals surface area (Å²) in [5, 5.41) is 26.5. The second kappa shape index (κ2) is 9.19. The van der Waals surface area contributed by atoms with Crippen molar-refractivity contribution in [3.63, 3.8) is 0 Å². The quantitative estimate of drug-likeness (QED) is 0.228. The normalized spacial score (nSPS) is 24.7. The SMILES string of the molecule is Nc1nc2c(c(=O)[nH]1)N=C(CNc1ccc([C@@H]3O[C@H](COP(=O)(O)O)[C@@H](O)[C@H]3O)cc1)CN2. The van der Waals surface area contributed by atoms with Crippen LogP contribution in [0.3, 0.4) is 0 Å². The number of phosphoric acid groups is 1. The number of aliphatic imine (C=N–C) groups is 1. The zero-order valence-corrected chi connectivity index (χ0v) is 18.0. The van der Waals surface area contributed by atoms with Crippen molar-refractivity contribution >= 4 is 36.7 Å². The third-order valence-corrected chi connectivity index (χ3v) is 5.63. The minimum absolute atomic E-state index is 0.00707. The predicted molar refractivity (Wildman–Crippen MR) is 117 cm³/mol. The Morgan fingerprint density at radius 1 is 1.24 bits per heavy atom. The summed E-state index contributed by atoms with van der Waals surface area (Å²) in [6.45, 7) is 0.160. The third-order valence-electron chi connectivity index (χ3n) is 5.15. The number of fused-ring (bicyclic) bond motifs is 1. The van der Waals surface area contributed by atoms with Gasteiger partial charge in [-0.2, -0.15) is 4.98 Å². The fraction of sp³-hybridized carbons (Fsp3) is 0.389. The number of aliphatic hydroxyl groups is 2. The van der Waals surface area contributed by atoms with Crippen LogP contribution < -0.4 is 21.9 Å². The second-order valence-electron chi connectivity index (χ2n) is 7.52. The molecule has 1 aromatic carbocycles. The van der Waals surface area contributed by atoms with Crippen LogP contribution in [0.1, 0.15) is 11.7 Å². The van der Waals surface area contributed by atoms with Crippen molar-refractivity contribution in [3.05, 3.63) is 40.2 Å². The predicted octanol–water partition coefficient (Wildman–Crippen LogP) is -0.767. The maximum Gasteiger partial charge on any atom is 0.469 e. The van der Waals surface area contributed by atoms with E-state index in [4.69, 9.17) is 20.3 Å². The molecule has 0 aliphatic carbocycles. The van der Waals surface area contributed by atoms with E-state index in [-0.39, 0.29) is 11.6 Å². The molecule has 15 heteroatoms. The molecular weight excluding hydrogens is 459 g/mol. The van der Waals surface area contributed by atoms with Crippen LogP contribution in [-0.2, 0) is 13.8 Å². The van der Waals surface area contributed by atoms with E-state index in [9.17, 15) is 19.6 Å². The number of phosphoric ester groups is 1. The van der Waals surface area contributed by atoms with Gasteiger partial charge in [-0.25, -0.2) is 9.56 Å². The maximum absolute atomic E-state index is 12.0. The van der Waals surface area contributed by atoms with Crippen molar-refractivity contribution in [1.29, 1.82) is 0 Å². The molecule has 0 saturated carbocycles. The summed E-state index contributed by atoms with van der Waals surface area (Å²) in [5.41, 5.74) is 7.21. The molecule has 0 spiro atoms. The summed E-state index contributed by atoms with van der Waals surface area (Å²) in [6, 6.07) is 6.83. The van der Waals surface area contributed by atoms with E-state index < -0.39 is 44.4 Å². The number of anilines is 3. The number of aliphatic hydroxyl groups excluding tert-OH is 2. The van der Waals surface area contributed by atoms with Gasteiger partial charge >= 0.3 is 7.82 Å². The van der Waals surface area contributed by atoms with Gasteiger partial charge in [-0.15, -0.1) is 0 Å². The van der Waals surface area contributed by atoms with Gasteiger partial charge in [-0.05, 0) is 17.7 Å². The highest BCUT2D eigenvalue weighted by molar-refractivity contribution is 7.46. The summed E-state index contributed by atoms with van der Waals surface area (Å²) in [7, 11) is -4.73. The first-order valence-electron chi connectivity index (χ1n) is 9.86. The average molecular weight is 482 g/mol. The molecule has 2 aromatic rings. The summed E-state index contributed by atoms with van der Waals surface area (Å²) in [4.78, 5) is 40.3. The van der Waals surface area contributed by atoms with E-state index >= 15 is 0 Å². The van der Waals surface area contributed by atoms with Gasteiger partial charge in [0.25, 0.3) is 5.56 Å². The Hall–Kier alpha value is -2.84. The van der Waals surface area contributed by atoms with E-state index in [1.165, 1.54) is 0 Å². The van der Waals surface area contributed by atoms with Gasteiger partial charge in [0, 0.05) is 5.69 Å². The molecule has 2 aliphatic heterocycles. The topological polar surface area (TPSA) is 225 Å². The Balaban J connectivity index is 1.37. The van der Waals surface area contributed by atoms with Crippen LogP contribution in [0.25, 0.3) is 0 Å². The van der Waals surface area contributed by atoms with E-state index in [2.05, 4.69) is 30.1 Å². The Bertz CT molecular complexity index is 1150. The Morgan fingerprint density at radius 3 is 2.67 bits per heavy atom. The average Bonchev–Trinajstić information content (AvgIpc) is 3.05. The van der Waals surface area contributed by atoms with Crippen molar-refractivity contribution in [2.24, 2.45) is 4.99 Å². The second-order valence-corrected chi connectivity index (χ2v) is 8.76. The van der Waals surface area contributed by atoms with Crippen LogP contribution in [0.5, 0.6) is 0 Å². The molecule has 0 unspecified atom stereocenters. The Morgan fingerprint density at radius 2 is 1.97 bits per heavy atom. The van der Waals surface area contributed by atoms with Crippen molar-refractivity contribution in [2.45, 2.75) is 24.4 Å². The number of aromatic amines is 1. The van der Waals surface area contributed by atoms with E-state index in [0.717, 1.165) is 5.69 Å². The monoisotopic (exact) mass is 482 g/mol. The lowest BCUT2D eigenvalue weighted by Crippen LogP contribution is -2.33. The molecule has 4 rings (SSSR count). The number of hydrogen-bond donors (Lipinski definition) is 8. The fourth-order valence-electron chi connectivity index (χ4n) is 3.52. The number of rotatable bonds is 7. The third kappa shape index (κ3) is 5.39. The molecule has 4 atom stereocenters. The van der Waals surface area contributed by atoms with Crippen LogP contribution in [-0.4, -0.2) is 73.7 Å².